The molecular formula is C24H24N4O2S. The number of amides is 1. The second-order valence-electron chi connectivity index (χ2n) is 6.98. The lowest BCUT2D eigenvalue weighted by Crippen LogP contribution is -2.14. The summed E-state index contributed by atoms with van der Waals surface area (Å²) in [6, 6.07) is 21.9. The summed E-state index contributed by atoms with van der Waals surface area (Å²) in [7, 11) is 0. The van der Waals surface area contributed by atoms with Crippen LogP contribution < -0.4 is 15.4 Å². The van der Waals surface area contributed by atoms with Crippen LogP contribution in [-0.2, 0) is 6.42 Å². The zero-order valence-electron chi connectivity index (χ0n) is 17.3. The van der Waals surface area contributed by atoms with E-state index < -0.39 is 0 Å². The van der Waals surface area contributed by atoms with Gasteiger partial charge in [0.25, 0.3) is 5.91 Å². The quantitative estimate of drug-likeness (QED) is 0.347. The van der Waals surface area contributed by atoms with Crippen LogP contribution in [0.3, 0.4) is 0 Å². The molecule has 0 radical (unpaired) electrons. The maximum absolute atomic E-state index is 13.1. The second-order valence-corrected chi connectivity index (χ2v) is 7.95. The van der Waals surface area contributed by atoms with E-state index in [-0.39, 0.29) is 5.91 Å². The lowest BCUT2D eigenvalue weighted by molar-refractivity contribution is 0.102. The standard InChI is InChI=1S/C24H24N4O2S/c1-2-30-20-15-14-18-12-6-7-13-19(18)21(20)22(29)26-24-28-27-23(31-24)25-16-8-11-17-9-4-3-5-10-17/h3-7,9-10,12-15H,2,8,11,16H2,1H3,(H,25,27)(H,26,28,29). The van der Waals surface area contributed by atoms with Gasteiger partial charge in [0.15, 0.2) is 0 Å². The van der Waals surface area contributed by atoms with Gasteiger partial charge in [-0.2, -0.15) is 0 Å². The van der Waals surface area contributed by atoms with Crippen molar-refractivity contribution in [2.24, 2.45) is 0 Å². The van der Waals surface area contributed by atoms with E-state index in [1.54, 1.807) is 0 Å². The number of anilines is 2. The van der Waals surface area contributed by atoms with Crippen molar-refractivity contribution in [2.45, 2.75) is 19.8 Å². The molecule has 158 valence electrons. The predicted molar refractivity (Wildman–Crippen MR) is 126 cm³/mol. The maximum Gasteiger partial charge on any atom is 0.261 e. The summed E-state index contributed by atoms with van der Waals surface area (Å²) >= 11 is 1.32. The summed E-state index contributed by atoms with van der Waals surface area (Å²) in [5.41, 5.74) is 1.82. The first-order chi connectivity index (χ1) is 15.2. The van der Waals surface area contributed by atoms with Crippen LogP contribution in [0.2, 0.25) is 0 Å². The van der Waals surface area contributed by atoms with Crippen molar-refractivity contribution in [2.75, 3.05) is 23.8 Å². The molecule has 3 aromatic carbocycles. The van der Waals surface area contributed by atoms with Gasteiger partial charge in [-0.25, -0.2) is 0 Å². The minimum absolute atomic E-state index is 0.257. The third kappa shape index (κ3) is 5.19. The molecule has 4 rings (SSSR count). The van der Waals surface area contributed by atoms with Crippen molar-refractivity contribution in [1.29, 1.82) is 0 Å². The zero-order chi connectivity index (χ0) is 21.5. The summed E-state index contributed by atoms with van der Waals surface area (Å²) in [6.45, 7) is 3.17. The number of carbonyl (C=O) groups is 1. The third-order valence-electron chi connectivity index (χ3n) is 4.82. The number of hydrogen-bond donors (Lipinski definition) is 2. The van der Waals surface area contributed by atoms with Crippen molar-refractivity contribution in [3.05, 3.63) is 77.9 Å². The first-order valence-electron chi connectivity index (χ1n) is 10.3. The van der Waals surface area contributed by atoms with Crippen molar-refractivity contribution in [1.82, 2.24) is 10.2 Å². The van der Waals surface area contributed by atoms with Crippen LogP contribution >= 0.6 is 11.3 Å². The fraction of sp³-hybridized carbons (Fsp3) is 0.208. The Morgan fingerprint density at radius 3 is 2.58 bits per heavy atom. The molecule has 0 saturated carbocycles. The molecule has 2 N–H and O–H groups in total. The molecule has 7 heteroatoms. The van der Waals surface area contributed by atoms with Crippen LogP contribution in [0.1, 0.15) is 29.3 Å². The highest BCUT2D eigenvalue weighted by molar-refractivity contribution is 7.19. The molecule has 0 aliphatic rings. The summed E-state index contributed by atoms with van der Waals surface area (Å²) in [5.74, 6) is 0.300. The molecule has 0 spiro atoms. The third-order valence-corrected chi connectivity index (χ3v) is 5.62. The SMILES string of the molecule is CCOc1ccc2ccccc2c1C(=O)Nc1nnc(NCCCc2ccccc2)s1. The van der Waals surface area contributed by atoms with Gasteiger partial charge < -0.3 is 10.1 Å². The van der Waals surface area contributed by atoms with E-state index in [1.807, 2.05) is 49.4 Å². The van der Waals surface area contributed by atoms with Crippen molar-refractivity contribution in [3.8, 4) is 5.75 Å². The van der Waals surface area contributed by atoms with Gasteiger partial charge >= 0.3 is 0 Å². The Morgan fingerprint density at radius 1 is 0.968 bits per heavy atom. The molecule has 31 heavy (non-hydrogen) atoms. The predicted octanol–water partition coefficient (Wildman–Crippen LogP) is 5.39. The minimum Gasteiger partial charge on any atom is -0.493 e. The van der Waals surface area contributed by atoms with Crippen LogP contribution in [0.15, 0.2) is 66.7 Å². The molecule has 0 aliphatic carbocycles. The molecule has 1 amide bonds. The van der Waals surface area contributed by atoms with E-state index in [4.69, 9.17) is 4.74 Å². The molecule has 0 bridgehead atoms. The molecule has 0 aliphatic heterocycles. The Bertz CT molecular complexity index is 1160. The van der Waals surface area contributed by atoms with Crippen LogP contribution in [0.25, 0.3) is 10.8 Å². The lowest BCUT2D eigenvalue weighted by atomic mass is 10.0. The maximum atomic E-state index is 13.1. The Morgan fingerprint density at radius 2 is 1.74 bits per heavy atom. The average Bonchev–Trinajstić information content (AvgIpc) is 3.24. The molecule has 4 aromatic rings. The lowest BCUT2D eigenvalue weighted by Gasteiger charge is -2.12. The highest BCUT2D eigenvalue weighted by atomic mass is 32.1. The number of nitrogens with zero attached hydrogens (tertiary/aromatic N) is 2. The van der Waals surface area contributed by atoms with E-state index in [9.17, 15) is 4.79 Å². The van der Waals surface area contributed by atoms with Gasteiger partial charge in [0.2, 0.25) is 10.3 Å². The molecular weight excluding hydrogens is 408 g/mol. The highest BCUT2D eigenvalue weighted by Gasteiger charge is 2.18. The average molecular weight is 433 g/mol. The Balaban J connectivity index is 1.40. The van der Waals surface area contributed by atoms with Crippen LogP contribution in [0.5, 0.6) is 5.75 Å². The number of fused-ring (bicyclic) bond motifs is 1. The zero-order valence-corrected chi connectivity index (χ0v) is 18.1. The number of carbonyl (C=O) groups excluding carboxylic acids is 1. The molecule has 6 nitrogen and oxygen atoms in total. The normalized spacial score (nSPS) is 10.7. The van der Waals surface area contributed by atoms with E-state index in [1.165, 1.54) is 16.9 Å². The number of nitrogens with one attached hydrogen (secondary N) is 2. The number of aryl methyl sites for hydroxylation is 1. The van der Waals surface area contributed by atoms with Gasteiger partial charge in [0.05, 0.1) is 12.2 Å². The van der Waals surface area contributed by atoms with Crippen LogP contribution in [-0.4, -0.2) is 29.3 Å². The molecule has 1 heterocycles. The summed E-state index contributed by atoms with van der Waals surface area (Å²) in [4.78, 5) is 13.1. The van der Waals surface area contributed by atoms with Crippen molar-refractivity contribution in [3.63, 3.8) is 0 Å². The second kappa shape index (κ2) is 10.0. The fourth-order valence-corrected chi connectivity index (χ4v) is 4.06. The highest BCUT2D eigenvalue weighted by Crippen LogP contribution is 2.30. The van der Waals surface area contributed by atoms with Gasteiger partial charge in [-0.3, -0.25) is 10.1 Å². The van der Waals surface area contributed by atoms with Gasteiger partial charge in [-0.05, 0) is 42.2 Å². The molecule has 0 unspecified atom stereocenters. The molecule has 0 saturated heterocycles. The molecule has 0 fully saturated rings. The molecule has 0 atom stereocenters. The van der Waals surface area contributed by atoms with Crippen molar-refractivity contribution >= 4 is 38.3 Å². The van der Waals surface area contributed by atoms with E-state index >= 15 is 0 Å². The summed E-state index contributed by atoms with van der Waals surface area (Å²) in [5, 5.41) is 17.4. The van der Waals surface area contributed by atoms with Gasteiger partial charge in [-0.1, -0.05) is 72.0 Å². The monoisotopic (exact) mass is 432 g/mol. The first kappa shape index (κ1) is 20.8. The largest absolute Gasteiger partial charge is 0.493 e. The first-order valence-corrected chi connectivity index (χ1v) is 11.1. The molecule has 1 aromatic heterocycles. The van der Waals surface area contributed by atoms with E-state index in [0.717, 1.165) is 30.2 Å². The van der Waals surface area contributed by atoms with Gasteiger partial charge in [-0.15, -0.1) is 10.2 Å². The van der Waals surface area contributed by atoms with Crippen LogP contribution in [0.4, 0.5) is 10.3 Å². The topological polar surface area (TPSA) is 76.1 Å². The van der Waals surface area contributed by atoms with Gasteiger partial charge in [0.1, 0.15) is 5.75 Å². The smallest absolute Gasteiger partial charge is 0.261 e. The minimum atomic E-state index is -0.257. The Labute approximate surface area is 185 Å². The fourth-order valence-electron chi connectivity index (χ4n) is 3.40. The van der Waals surface area contributed by atoms with Crippen LogP contribution in [0, 0.1) is 0 Å². The number of ether oxygens (including phenoxy) is 1. The Hall–Kier alpha value is -3.45. The summed E-state index contributed by atoms with van der Waals surface area (Å²) in [6.07, 6.45) is 1.98. The number of hydrogen-bond acceptors (Lipinski definition) is 6. The van der Waals surface area contributed by atoms with E-state index in [0.29, 0.717) is 28.2 Å². The Kier molecular flexibility index (Phi) is 6.74. The van der Waals surface area contributed by atoms with Crippen molar-refractivity contribution < 1.29 is 9.53 Å². The van der Waals surface area contributed by atoms with Gasteiger partial charge in [0, 0.05) is 6.54 Å². The van der Waals surface area contributed by atoms with E-state index in [2.05, 4.69) is 45.1 Å². The number of rotatable bonds is 9. The number of benzene rings is 3. The number of aromatic nitrogens is 2. The summed E-state index contributed by atoms with van der Waals surface area (Å²) < 4.78 is 5.71.